The quantitative estimate of drug-likeness (QED) is 0.891. The van der Waals surface area contributed by atoms with Crippen LogP contribution in [0.15, 0.2) is 35.4 Å². The standard InChI is InChI=1S/C14H17N3O.ClH/c1-17-13(18)14(9-11-5-3-2-4-6-11)10-15-8-7-12(14)16-17;/h2-6,15H,7-10H2,1H3;1H/t14-;/m1./s1. The van der Waals surface area contributed by atoms with Crippen molar-refractivity contribution in [3.05, 3.63) is 35.9 Å². The number of fused-ring (bicyclic) bond motifs is 1. The number of rotatable bonds is 2. The predicted octanol–water partition coefficient (Wildman–Crippen LogP) is 1.46. The maximum absolute atomic E-state index is 12.4. The van der Waals surface area contributed by atoms with E-state index in [0.717, 1.165) is 25.1 Å². The fourth-order valence-electron chi connectivity index (χ4n) is 2.92. The van der Waals surface area contributed by atoms with Crippen molar-refractivity contribution in [2.24, 2.45) is 10.5 Å². The molecule has 5 heteroatoms. The molecule has 2 heterocycles. The van der Waals surface area contributed by atoms with Gasteiger partial charge in [0, 0.05) is 26.6 Å². The Bertz CT molecular complexity index is 503. The van der Waals surface area contributed by atoms with Crippen molar-refractivity contribution < 1.29 is 4.79 Å². The third kappa shape index (κ3) is 2.26. The molecule has 102 valence electrons. The molecule has 1 N–H and O–H groups in total. The zero-order chi connectivity index (χ0) is 12.6. The first-order valence-electron chi connectivity index (χ1n) is 6.33. The number of halogens is 1. The molecule has 1 amide bonds. The number of nitrogens with zero attached hydrogens (tertiary/aromatic N) is 2. The van der Waals surface area contributed by atoms with Crippen molar-refractivity contribution >= 4 is 24.0 Å². The Kier molecular flexibility index (Phi) is 3.92. The van der Waals surface area contributed by atoms with Crippen LogP contribution in [0, 0.1) is 5.41 Å². The molecule has 1 saturated heterocycles. The van der Waals surface area contributed by atoms with Crippen LogP contribution < -0.4 is 5.32 Å². The number of hydrogen-bond acceptors (Lipinski definition) is 3. The summed E-state index contributed by atoms with van der Waals surface area (Å²) < 4.78 is 0. The van der Waals surface area contributed by atoms with Crippen molar-refractivity contribution in [1.82, 2.24) is 10.3 Å². The third-order valence-corrected chi connectivity index (χ3v) is 3.84. The van der Waals surface area contributed by atoms with Crippen LogP contribution >= 0.6 is 12.4 Å². The second kappa shape index (κ2) is 5.31. The summed E-state index contributed by atoms with van der Waals surface area (Å²) in [5.74, 6) is 0.119. The second-order valence-corrected chi connectivity index (χ2v) is 5.05. The number of carbonyl (C=O) groups is 1. The summed E-state index contributed by atoms with van der Waals surface area (Å²) in [5.41, 5.74) is 1.78. The van der Waals surface area contributed by atoms with Gasteiger partial charge in [0.2, 0.25) is 0 Å². The molecule has 2 aliphatic rings. The third-order valence-electron chi connectivity index (χ3n) is 3.84. The molecule has 0 spiro atoms. The molecule has 0 aromatic heterocycles. The topological polar surface area (TPSA) is 44.7 Å². The van der Waals surface area contributed by atoms with Crippen LogP contribution in [0.2, 0.25) is 0 Å². The molecular weight excluding hydrogens is 262 g/mol. The molecule has 0 saturated carbocycles. The minimum Gasteiger partial charge on any atom is -0.315 e. The summed E-state index contributed by atoms with van der Waals surface area (Å²) in [5, 5.41) is 9.27. The Morgan fingerprint density at radius 1 is 1.37 bits per heavy atom. The Morgan fingerprint density at radius 3 is 2.84 bits per heavy atom. The monoisotopic (exact) mass is 279 g/mol. The number of amides is 1. The maximum atomic E-state index is 12.4. The molecule has 2 aliphatic heterocycles. The second-order valence-electron chi connectivity index (χ2n) is 5.05. The first-order valence-corrected chi connectivity index (χ1v) is 6.33. The molecule has 1 fully saturated rings. The molecular formula is C14H18ClN3O. The number of hydrogen-bond donors (Lipinski definition) is 1. The summed E-state index contributed by atoms with van der Waals surface area (Å²) >= 11 is 0. The van der Waals surface area contributed by atoms with E-state index in [1.165, 1.54) is 10.6 Å². The van der Waals surface area contributed by atoms with Crippen LogP contribution in [0.4, 0.5) is 0 Å². The molecule has 1 atom stereocenters. The zero-order valence-electron chi connectivity index (χ0n) is 10.9. The van der Waals surface area contributed by atoms with Gasteiger partial charge in [-0.05, 0) is 12.0 Å². The number of piperidine rings is 1. The molecule has 0 aliphatic carbocycles. The first kappa shape index (κ1) is 14.0. The van der Waals surface area contributed by atoms with Gasteiger partial charge in [0.05, 0.1) is 5.71 Å². The summed E-state index contributed by atoms with van der Waals surface area (Å²) in [7, 11) is 1.75. The highest BCUT2D eigenvalue weighted by atomic mass is 35.5. The largest absolute Gasteiger partial charge is 0.315 e. The van der Waals surface area contributed by atoms with Gasteiger partial charge in [0.1, 0.15) is 5.41 Å². The van der Waals surface area contributed by atoms with Gasteiger partial charge in [-0.25, -0.2) is 5.01 Å². The van der Waals surface area contributed by atoms with Crippen LogP contribution in [0.25, 0.3) is 0 Å². The van der Waals surface area contributed by atoms with Crippen LogP contribution in [0.1, 0.15) is 12.0 Å². The van der Waals surface area contributed by atoms with E-state index in [9.17, 15) is 4.79 Å². The molecule has 4 nitrogen and oxygen atoms in total. The predicted molar refractivity (Wildman–Crippen MR) is 77.5 cm³/mol. The van der Waals surface area contributed by atoms with E-state index < -0.39 is 5.41 Å². The summed E-state index contributed by atoms with van der Waals surface area (Å²) in [6.45, 7) is 1.61. The summed E-state index contributed by atoms with van der Waals surface area (Å²) in [6.07, 6.45) is 1.60. The number of benzene rings is 1. The molecule has 0 bridgehead atoms. The fourth-order valence-corrected chi connectivity index (χ4v) is 2.92. The van der Waals surface area contributed by atoms with E-state index in [0.29, 0.717) is 6.54 Å². The number of nitrogens with one attached hydrogen (secondary N) is 1. The highest BCUT2D eigenvalue weighted by Crippen LogP contribution is 2.35. The van der Waals surface area contributed by atoms with Gasteiger partial charge in [-0.3, -0.25) is 4.79 Å². The Hall–Kier alpha value is -1.39. The van der Waals surface area contributed by atoms with E-state index in [1.807, 2.05) is 18.2 Å². The van der Waals surface area contributed by atoms with Gasteiger partial charge in [-0.1, -0.05) is 30.3 Å². The Morgan fingerprint density at radius 2 is 2.11 bits per heavy atom. The Labute approximate surface area is 119 Å². The van der Waals surface area contributed by atoms with Crippen LogP contribution in [0.3, 0.4) is 0 Å². The first-order chi connectivity index (χ1) is 8.72. The fraction of sp³-hybridized carbons (Fsp3) is 0.429. The maximum Gasteiger partial charge on any atom is 0.256 e. The van der Waals surface area contributed by atoms with Crippen molar-refractivity contribution in [2.75, 3.05) is 20.1 Å². The SMILES string of the molecule is CN1N=C2CCNC[C@@]2(Cc2ccccc2)C1=O.Cl. The van der Waals surface area contributed by atoms with Gasteiger partial charge < -0.3 is 5.32 Å². The molecule has 1 aromatic rings. The van der Waals surface area contributed by atoms with Crippen molar-refractivity contribution in [2.45, 2.75) is 12.8 Å². The lowest BCUT2D eigenvalue weighted by Crippen LogP contribution is -2.52. The lowest BCUT2D eigenvalue weighted by molar-refractivity contribution is -0.134. The van der Waals surface area contributed by atoms with E-state index >= 15 is 0 Å². The molecule has 19 heavy (non-hydrogen) atoms. The van der Waals surface area contributed by atoms with E-state index in [-0.39, 0.29) is 18.3 Å². The number of hydrazone groups is 1. The molecule has 0 radical (unpaired) electrons. The Balaban J connectivity index is 0.00000133. The highest BCUT2D eigenvalue weighted by Gasteiger charge is 2.50. The van der Waals surface area contributed by atoms with Gasteiger partial charge in [-0.2, -0.15) is 5.10 Å². The smallest absolute Gasteiger partial charge is 0.256 e. The van der Waals surface area contributed by atoms with E-state index in [1.54, 1.807) is 7.05 Å². The van der Waals surface area contributed by atoms with Gasteiger partial charge in [0.15, 0.2) is 0 Å². The van der Waals surface area contributed by atoms with Crippen molar-refractivity contribution in [1.29, 1.82) is 0 Å². The number of carbonyl (C=O) groups excluding carboxylic acids is 1. The van der Waals surface area contributed by atoms with Crippen LogP contribution in [-0.2, 0) is 11.2 Å². The van der Waals surface area contributed by atoms with E-state index in [4.69, 9.17) is 0 Å². The van der Waals surface area contributed by atoms with Gasteiger partial charge in [-0.15, -0.1) is 12.4 Å². The minimum absolute atomic E-state index is 0. The zero-order valence-corrected chi connectivity index (χ0v) is 11.7. The van der Waals surface area contributed by atoms with Crippen LogP contribution in [0.5, 0.6) is 0 Å². The molecule has 3 rings (SSSR count). The summed E-state index contributed by atoms with van der Waals surface area (Å²) in [6, 6.07) is 10.2. The lowest BCUT2D eigenvalue weighted by atomic mass is 9.74. The average molecular weight is 280 g/mol. The highest BCUT2D eigenvalue weighted by molar-refractivity contribution is 6.13. The normalized spacial score (nSPS) is 25.6. The molecule has 1 aromatic carbocycles. The van der Waals surface area contributed by atoms with Crippen molar-refractivity contribution in [3.63, 3.8) is 0 Å². The van der Waals surface area contributed by atoms with Crippen LogP contribution in [-0.4, -0.2) is 36.8 Å². The lowest BCUT2D eigenvalue weighted by Gasteiger charge is -2.33. The molecule has 0 unspecified atom stereocenters. The summed E-state index contributed by atoms with van der Waals surface area (Å²) in [4.78, 5) is 12.4. The minimum atomic E-state index is -0.450. The average Bonchev–Trinajstić information content (AvgIpc) is 2.64. The van der Waals surface area contributed by atoms with Crippen molar-refractivity contribution in [3.8, 4) is 0 Å². The van der Waals surface area contributed by atoms with Gasteiger partial charge in [0.25, 0.3) is 5.91 Å². The van der Waals surface area contributed by atoms with Gasteiger partial charge >= 0.3 is 0 Å². The van der Waals surface area contributed by atoms with E-state index in [2.05, 4.69) is 22.6 Å².